The number of rotatable bonds is 4. The van der Waals surface area contributed by atoms with E-state index in [-0.39, 0.29) is 5.91 Å². The maximum atomic E-state index is 12.9. The highest BCUT2D eigenvalue weighted by atomic mass is 16.5. The molecule has 1 aromatic heterocycles. The van der Waals surface area contributed by atoms with Crippen LogP contribution in [-0.2, 0) is 0 Å². The van der Waals surface area contributed by atoms with E-state index in [1.165, 1.54) is 0 Å². The van der Waals surface area contributed by atoms with Crippen molar-refractivity contribution >= 4 is 11.7 Å². The maximum absolute atomic E-state index is 12.9. The summed E-state index contributed by atoms with van der Waals surface area (Å²) in [6, 6.07) is 17.7. The molecule has 0 N–H and O–H groups in total. The van der Waals surface area contributed by atoms with Gasteiger partial charge in [0.25, 0.3) is 5.91 Å². The summed E-state index contributed by atoms with van der Waals surface area (Å²) in [6.07, 6.45) is 0. The highest BCUT2D eigenvalue weighted by Crippen LogP contribution is 2.28. The Morgan fingerprint density at radius 3 is 2.23 bits per heavy atom. The first-order chi connectivity index (χ1) is 14.5. The molecule has 1 fully saturated rings. The molecule has 0 saturated carbocycles. The van der Waals surface area contributed by atoms with E-state index < -0.39 is 0 Å². The van der Waals surface area contributed by atoms with Crippen molar-refractivity contribution in [2.24, 2.45) is 0 Å². The van der Waals surface area contributed by atoms with E-state index in [2.05, 4.69) is 21.2 Å². The van der Waals surface area contributed by atoms with Crippen LogP contribution in [0.5, 0.6) is 5.75 Å². The molecule has 30 heavy (non-hydrogen) atoms. The van der Waals surface area contributed by atoms with Crippen LogP contribution in [0.15, 0.2) is 54.6 Å². The normalized spacial score (nSPS) is 14.0. The van der Waals surface area contributed by atoms with Gasteiger partial charge in [0, 0.05) is 37.3 Å². The lowest BCUT2D eigenvalue weighted by atomic mass is 10.1. The second-order valence-corrected chi connectivity index (χ2v) is 7.63. The zero-order chi connectivity index (χ0) is 21.1. The summed E-state index contributed by atoms with van der Waals surface area (Å²) in [7, 11) is 1.65. The Balaban J connectivity index is 1.42. The molecule has 0 radical (unpaired) electrons. The Labute approximate surface area is 177 Å². The number of para-hydroxylation sites is 1. The minimum absolute atomic E-state index is 0.0963. The van der Waals surface area contributed by atoms with Crippen LogP contribution >= 0.6 is 0 Å². The number of carbonyl (C=O) groups excluding carboxylic acids is 1. The fourth-order valence-electron chi connectivity index (χ4n) is 3.91. The van der Waals surface area contributed by atoms with Crippen molar-refractivity contribution in [3.8, 4) is 17.0 Å². The van der Waals surface area contributed by atoms with Crippen molar-refractivity contribution in [3.63, 3.8) is 0 Å². The number of piperazine rings is 1. The molecule has 0 bridgehead atoms. The van der Waals surface area contributed by atoms with Gasteiger partial charge in [0.1, 0.15) is 5.75 Å². The summed E-state index contributed by atoms with van der Waals surface area (Å²) in [5, 5.41) is 8.82. The minimum Gasteiger partial charge on any atom is -0.496 e. The Morgan fingerprint density at radius 1 is 0.900 bits per heavy atom. The summed E-state index contributed by atoms with van der Waals surface area (Å²) in [5.41, 5.74) is 4.69. The molecule has 1 saturated heterocycles. The first kappa shape index (κ1) is 19.9. The summed E-state index contributed by atoms with van der Waals surface area (Å²) in [5.74, 6) is 1.70. The van der Waals surface area contributed by atoms with E-state index in [1.54, 1.807) is 7.11 Å². The van der Waals surface area contributed by atoms with E-state index in [0.29, 0.717) is 13.1 Å². The molecule has 0 aliphatic carbocycles. The Hall–Kier alpha value is -3.41. The van der Waals surface area contributed by atoms with Crippen molar-refractivity contribution in [2.45, 2.75) is 13.8 Å². The quantitative estimate of drug-likeness (QED) is 0.666. The number of benzene rings is 2. The van der Waals surface area contributed by atoms with Crippen molar-refractivity contribution in [1.29, 1.82) is 0 Å². The molecular formula is C24H26N4O2. The number of aryl methyl sites for hydroxylation is 2. The molecule has 4 rings (SSSR count). The third-order valence-corrected chi connectivity index (χ3v) is 5.39. The van der Waals surface area contributed by atoms with Gasteiger partial charge in [-0.25, -0.2) is 0 Å². The molecule has 1 amide bonds. The number of ether oxygens (including phenoxy) is 1. The summed E-state index contributed by atoms with van der Waals surface area (Å²) in [4.78, 5) is 17.0. The predicted molar refractivity (Wildman–Crippen MR) is 118 cm³/mol. The molecule has 0 unspecified atom stereocenters. The van der Waals surface area contributed by atoms with E-state index in [9.17, 15) is 4.79 Å². The monoisotopic (exact) mass is 402 g/mol. The fraction of sp³-hybridized carbons (Fsp3) is 0.292. The smallest absolute Gasteiger partial charge is 0.253 e. The Bertz CT molecular complexity index is 1020. The fourth-order valence-corrected chi connectivity index (χ4v) is 3.91. The van der Waals surface area contributed by atoms with Gasteiger partial charge in [-0.05, 0) is 50.2 Å². The molecular weight excluding hydrogens is 376 g/mol. The minimum atomic E-state index is 0.0963. The van der Waals surface area contributed by atoms with Crippen LogP contribution in [0.1, 0.15) is 21.5 Å². The summed E-state index contributed by atoms with van der Waals surface area (Å²) < 4.78 is 5.42. The van der Waals surface area contributed by atoms with Crippen LogP contribution in [0.2, 0.25) is 0 Å². The first-order valence-electron chi connectivity index (χ1n) is 10.1. The average Bonchev–Trinajstić information content (AvgIpc) is 2.78. The summed E-state index contributed by atoms with van der Waals surface area (Å²) >= 11 is 0. The SMILES string of the molecule is COc1ccccc1-c1ccc(N2CCN(C(=O)c3cc(C)cc(C)c3)CC2)nn1. The number of hydrogen-bond acceptors (Lipinski definition) is 5. The number of aromatic nitrogens is 2. The number of anilines is 1. The van der Waals surface area contributed by atoms with Crippen LogP contribution in [0.25, 0.3) is 11.3 Å². The molecule has 6 heteroatoms. The van der Waals surface area contributed by atoms with Gasteiger partial charge in [-0.3, -0.25) is 4.79 Å². The summed E-state index contributed by atoms with van der Waals surface area (Å²) in [6.45, 7) is 6.85. The highest BCUT2D eigenvalue weighted by Gasteiger charge is 2.23. The van der Waals surface area contributed by atoms with E-state index in [0.717, 1.165) is 52.6 Å². The van der Waals surface area contributed by atoms with Crippen LogP contribution in [0, 0.1) is 13.8 Å². The second-order valence-electron chi connectivity index (χ2n) is 7.63. The molecule has 1 aliphatic rings. The maximum Gasteiger partial charge on any atom is 0.253 e. The lowest BCUT2D eigenvalue weighted by Gasteiger charge is -2.35. The molecule has 1 aliphatic heterocycles. The van der Waals surface area contributed by atoms with Crippen LogP contribution in [0.4, 0.5) is 5.82 Å². The van der Waals surface area contributed by atoms with Crippen molar-refractivity contribution in [2.75, 3.05) is 38.2 Å². The standard InChI is InChI=1S/C24H26N4O2/c1-17-14-18(2)16-19(15-17)24(29)28-12-10-27(11-13-28)23-9-8-21(25-26-23)20-6-4-5-7-22(20)30-3/h4-9,14-16H,10-13H2,1-3H3. The number of carbonyl (C=O) groups is 1. The van der Waals surface area contributed by atoms with E-state index in [4.69, 9.17) is 4.74 Å². The van der Waals surface area contributed by atoms with Gasteiger partial charge in [-0.2, -0.15) is 0 Å². The zero-order valence-electron chi connectivity index (χ0n) is 17.6. The van der Waals surface area contributed by atoms with Crippen LogP contribution in [0.3, 0.4) is 0 Å². The van der Waals surface area contributed by atoms with Crippen LogP contribution in [-0.4, -0.2) is 54.3 Å². The largest absolute Gasteiger partial charge is 0.496 e. The molecule has 0 spiro atoms. The van der Waals surface area contributed by atoms with E-state index >= 15 is 0 Å². The lowest BCUT2D eigenvalue weighted by Crippen LogP contribution is -2.49. The first-order valence-corrected chi connectivity index (χ1v) is 10.1. The van der Waals surface area contributed by atoms with Crippen molar-refractivity contribution < 1.29 is 9.53 Å². The molecule has 154 valence electrons. The Kier molecular flexibility index (Phi) is 5.65. The van der Waals surface area contributed by atoms with Gasteiger partial charge < -0.3 is 14.5 Å². The van der Waals surface area contributed by atoms with Gasteiger partial charge in [0.05, 0.1) is 12.8 Å². The van der Waals surface area contributed by atoms with Crippen LogP contribution < -0.4 is 9.64 Å². The van der Waals surface area contributed by atoms with Gasteiger partial charge in [-0.15, -0.1) is 10.2 Å². The van der Waals surface area contributed by atoms with Crippen molar-refractivity contribution in [1.82, 2.24) is 15.1 Å². The number of hydrogen-bond donors (Lipinski definition) is 0. The predicted octanol–water partition coefficient (Wildman–Crippen LogP) is 3.73. The molecule has 2 aromatic carbocycles. The van der Waals surface area contributed by atoms with E-state index in [1.807, 2.05) is 67.3 Å². The number of methoxy groups -OCH3 is 1. The highest BCUT2D eigenvalue weighted by molar-refractivity contribution is 5.94. The second kappa shape index (κ2) is 8.53. The van der Waals surface area contributed by atoms with Gasteiger partial charge >= 0.3 is 0 Å². The average molecular weight is 402 g/mol. The number of amides is 1. The third-order valence-electron chi connectivity index (χ3n) is 5.39. The topological polar surface area (TPSA) is 58.6 Å². The zero-order valence-corrected chi connectivity index (χ0v) is 17.6. The van der Waals surface area contributed by atoms with Crippen molar-refractivity contribution in [3.05, 3.63) is 71.3 Å². The number of nitrogens with zero attached hydrogens (tertiary/aromatic N) is 4. The van der Waals surface area contributed by atoms with Gasteiger partial charge in [0.2, 0.25) is 0 Å². The molecule has 2 heterocycles. The molecule has 3 aromatic rings. The molecule has 6 nitrogen and oxygen atoms in total. The Morgan fingerprint density at radius 2 is 1.60 bits per heavy atom. The van der Waals surface area contributed by atoms with Gasteiger partial charge in [0.15, 0.2) is 5.82 Å². The molecule has 0 atom stereocenters. The third kappa shape index (κ3) is 4.13. The van der Waals surface area contributed by atoms with Gasteiger partial charge in [-0.1, -0.05) is 29.3 Å². The lowest BCUT2D eigenvalue weighted by molar-refractivity contribution is 0.0746.